The highest BCUT2D eigenvalue weighted by molar-refractivity contribution is 9.10. The Kier molecular flexibility index (Phi) is 5.44. The number of rotatable bonds is 2. The smallest absolute Gasteiger partial charge is 0.267 e. The van der Waals surface area contributed by atoms with E-state index in [2.05, 4.69) is 21.4 Å². The average Bonchev–Trinajstić information content (AvgIpc) is 2.54. The lowest BCUT2D eigenvalue weighted by atomic mass is 10.1. The SMILES string of the molecule is Cc1ccc(C(=O)NN(C(=O)c2ccccc2)C(C)(C)C)cc1Br. The number of carbonyl (C=O) groups excluding carboxylic acids is 2. The van der Waals surface area contributed by atoms with Gasteiger partial charge in [0, 0.05) is 15.6 Å². The molecule has 126 valence electrons. The molecule has 24 heavy (non-hydrogen) atoms. The molecule has 0 unspecified atom stereocenters. The summed E-state index contributed by atoms with van der Waals surface area (Å²) in [5.41, 5.74) is 4.23. The number of nitrogens with zero attached hydrogens (tertiary/aromatic N) is 1. The van der Waals surface area contributed by atoms with Crippen molar-refractivity contribution in [2.45, 2.75) is 33.2 Å². The molecule has 0 bridgehead atoms. The summed E-state index contributed by atoms with van der Waals surface area (Å²) >= 11 is 3.43. The fourth-order valence-corrected chi connectivity index (χ4v) is 2.51. The van der Waals surface area contributed by atoms with Gasteiger partial charge < -0.3 is 0 Å². The quantitative estimate of drug-likeness (QED) is 0.777. The van der Waals surface area contributed by atoms with Crippen molar-refractivity contribution in [2.24, 2.45) is 0 Å². The summed E-state index contributed by atoms with van der Waals surface area (Å²) in [7, 11) is 0. The predicted molar refractivity (Wildman–Crippen MR) is 98.7 cm³/mol. The molecule has 2 rings (SSSR count). The molecule has 0 spiro atoms. The Morgan fingerprint density at radius 1 is 1.00 bits per heavy atom. The molecule has 2 aromatic rings. The molecule has 2 aromatic carbocycles. The first kappa shape index (κ1) is 18.2. The largest absolute Gasteiger partial charge is 0.272 e. The van der Waals surface area contributed by atoms with Gasteiger partial charge in [0.2, 0.25) is 0 Å². The minimum Gasteiger partial charge on any atom is -0.267 e. The van der Waals surface area contributed by atoms with E-state index in [9.17, 15) is 9.59 Å². The van der Waals surface area contributed by atoms with Crippen molar-refractivity contribution in [3.05, 3.63) is 69.7 Å². The molecule has 0 aliphatic carbocycles. The summed E-state index contributed by atoms with van der Waals surface area (Å²) in [4.78, 5) is 25.4. The topological polar surface area (TPSA) is 49.4 Å². The second-order valence-electron chi connectivity index (χ2n) is 6.58. The summed E-state index contributed by atoms with van der Waals surface area (Å²) in [6, 6.07) is 14.3. The van der Waals surface area contributed by atoms with Gasteiger partial charge in [-0.05, 0) is 57.5 Å². The van der Waals surface area contributed by atoms with E-state index in [1.165, 1.54) is 5.01 Å². The summed E-state index contributed by atoms with van der Waals surface area (Å²) in [5, 5.41) is 1.37. The number of carbonyl (C=O) groups is 2. The van der Waals surface area contributed by atoms with Gasteiger partial charge in [0.1, 0.15) is 0 Å². The van der Waals surface area contributed by atoms with Crippen LogP contribution >= 0.6 is 15.9 Å². The van der Waals surface area contributed by atoms with E-state index in [4.69, 9.17) is 0 Å². The van der Waals surface area contributed by atoms with Crippen molar-refractivity contribution in [1.82, 2.24) is 10.4 Å². The number of hydrogen-bond acceptors (Lipinski definition) is 2. The lowest BCUT2D eigenvalue weighted by Crippen LogP contribution is -2.55. The van der Waals surface area contributed by atoms with E-state index in [0.717, 1.165) is 10.0 Å². The highest BCUT2D eigenvalue weighted by Crippen LogP contribution is 2.19. The minimum absolute atomic E-state index is 0.248. The maximum Gasteiger partial charge on any atom is 0.272 e. The van der Waals surface area contributed by atoms with Crippen LogP contribution in [0.15, 0.2) is 53.0 Å². The summed E-state index contributed by atoms with van der Waals surface area (Å²) in [5.74, 6) is -0.572. The van der Waals surface area contributed by atoms with Crippen LogP contribution in [0.1, 0.15) is 47.1 Å². The van der Waals surface area contributed by atoms with Crippen LogP contribution in [0.5, 0.6) is 0 Å². The van der Waals surface area contributed by atoms with E-state index in [-0.39, 0.29) is 11.8 Å². The Morgan fingerprint density at radius 3 is 2.17 bits per heavy atom. The molecule has 4 nitrogen and oxygen atoms in total. The van der Waals surface area contributed by atoms with Crippen LogP contribution in [0.2, 0.25) is 0 Å². The number of aryl methyl sites for hydroxylation is 1. The monoisotopic (exact) mass is 388 g/mol. The van der Waals surface area contributed by atoms with Crippen LogP contribution in [0.25, 0.3) is 0 Å². The van der Waals surface area contributed by atoms with Gasteiger partial charge in [-0.3, -0.25) is 15.0 Å². The second-order valence-corrected chi connectivity index (χ2v) is 7.44. The van der Waals surface area contributed by atoms with Crippen LogP contribution in [-0.2, 0) is 0 Å². The first-order valence-electron chi connectivity index (χ1n) is 7.67. The molecule has 0 heterocycles. The third kappa shape index (κ3) is 4.23. The van der Waals surface area contributed by atoms with E-state index < -0.39 is 5.54 Å². The highest BCUT2D eigenvalue weighted by atomic mass is 79.9. The molecule has 0 saturated heterocycles. The van der Waals surface area contributed by atoms with Crippen LogP contribution in [0.4, 0.5) is 0 Å². The maximum atomic E-state index is 12.8. The van der Waals surface area contributed by atoms with Crippen molar-refractivity contribution in [3.63, 3.8) is 0 Å². The fraction of sp³-hybridized carbons (Fsp3) is 0.263. The van der Waals surface area contributed by atoms with Crippen molar-refractivity contribution in [2.75, 3.05) is 0 Å². The van der Waals surface area contributed by atoms with Gasteiger partial charge in [0.05, 0.1) is 5.54 Å². The zero-order valence-electron chi connectivity index (χ0n) is 14.3. The molecule has 0 aliphatic heterocycles. The Balaban J connectivity index is 2.28. The first-order valence-corrected chi connectivity index (χ1v) is 8.46. The van der Waals surface area contributed by atoms with Crippen molar-refractivity contribution < 1.29 is 9.59 Å². The average molecular weight is 389 g/mol. The molecule has 2 amide bonds. The Bertz CT molecular complexity index is 752. The lowest BCUT2D eigenvalue weighted by Gasteiger charge is -2.35. The number of halogens is 1. The zero-order valence-corrected chi connectivity index (χ0v) is 15.8. The van der Waals surface area contributed by atoms with Crippen LogP contribution in [0.3, 0.4) is 0 Å². The Labute approximate surface area is 151 Å². The van der Waals surface area contributed by atoms with Crippen molar-refractivity contribution >= 4 is 27.7 Å². The van der Waals surface area contributed by atoms with Crippen LogP contribution < -0.4 is 5.43 Å². The molecule has 0 radical (unpaired) electrons. The van der Waals surface area contributed by atoms with E-state index in [0.29, 0.717) is 11.1 Å². The molecule has 1 N–H and O–H groups in total. The molecular weight excluding hydrogens is 368 g/mol. The predicted octanol–water partition coefficient (Wildman–Crippen LogP) is 4.34. The van der Waals surface area contributed by atoms with Gasteiger partial charge in [-0.15, -0.1) is 0 Å². The zero-order chi connectivity index (χ0) is 17.9. The number of nitrogens with one attached hydrogen (secondary N) is 1. The Morgan fingerprint density at radius 2 is 1.62 bits per heavy atom. The van der Waals surface area contributed by atoms with Gasteiger partial charge >= 0.3 is 0 Å². The highest BCUT2D eigenvalue weighted by Gasteiger charge is 2.29. The summed E-state index contributed by atoms with van der Waals surface area (Å²) < 4.78 is 0.854. The summed E-state index contributed by atoms with van der Waals surface area (Å²) in [6.07, 6.45) is 0. The number of benzene rings is 2. The summed E-state index contributed by atoms with van der Waals surface area (Å²) in [6.45, 7) is 7.57. The van der Waals surface area contributed by atoms with E-state index >= 15 is 0 Å². The molecule has 0 aromatic heterocycles. The van der Waals surface area contributed by atoms with Gasteiger partial charge in [-0.2, -0.15) is 0 Å². The van der Waals surface area contributed by atoms with Crippen LogP contribution in [0, 0.1) is 6.92 Å². The van der Waals surface area contributed by atoms with E-state index in [1.807, 2.05) is 39.8 Å². The molecule has 0 saturated carbocycles. The standard InChI is InChI=1S/C19H21BrN2O2/c1-13-10-11-15(12-16(13)20)17(23)21-22(19(2,3)4)18(24)14-8-6-5-7-9-14/h5-12H,1-4H3,(H,21,23). The molecule has 0 fully saturated rings. The third-order valence-corrected chi connectivity index (χ3v) is 4.40. The fourth-order valence-electron chi connectivity index (χ4n) is 2.13. The number of amides is 2. The van der Waals surface area contributed by atoms with Crippen LogP contribution in [-0.4, -0.2) is 22.4 Å². The molecule has 0 aliphatic rings. The van der Waals surface area contributed by atoms with Crippen molar-refractivity contribution in [1.29, 1.82) is 0 Å². The molecule has 5 heteroatoms. The number of hydrazine groups is 1. The normalized spacial score (nSPS) is 11.0. The molecular formula is C19H21BrN2O2. The minimum atomic E-state index is -0.565. The lowest BCUT2D eigenvalue weighted by molar-refractivity contribution is 0.0358. The van der Waals surface area contributed by atoms with Gasteiger partial charge in [-0.25, -0.2) is 5.01 Å². The number of hydrogen-bond donors (Lipinski definition) is 1. The second kappa shape index (κ2) is 7.18. The van der Waals surface area contributed by atoms with Crippen molar-refractivity contribution in [3.8, 4) is 0 Å². The maximum absolute atomic E-state index is 12.8. The van der Waals surface area contributed by atoms with Gasteiger partial charge in [0.15, 0.2) is 0 Å². The third-order valence-electron chi connectivity index (χ3n) is 3.54. The van der Waals surface area contributed by atoms with Gasteiger partial charge in [-0.1, -0.05) is 40.2 Å². The molecule has 0 atom stereocenters. The van der Waals surface area contributed by atoms with Gasteiger partial charge in [0.25, 0.3) is 11.8 Å². The van der Waals surface area contributed by atoms with E-state index in [1.54, 1.807) is 36.4 Å². The Hall–Kier alpha value is -2.14. The first-order chi connectivity index (χ1) is 11.2.